The molecule has 0 aromatic carbocycles. The Morgan fingerprint density at radius 3 is 2.53 bits per heavy atom. The molecule has 0 saturated heterocycles. The predicted octanol–water partition coefficient (Wildman–Crippen LogP) is 2.77. The Morgan fingerprint density at radius 2 is 2.12 bits per heavy atom. The molecule has 94 valence electrons. The van der Waals surface area contributed by atoms with Crippen LogP contribution in [0.25, 0.3) is 0 Å². The van der Waals surface area contributed by atoms with Gasteiger partial charge in [0.2, 0.25) is 0 Å². The number of pyridine rings is 1. The Balaban J connectivity index is 3.36. The van der Waals surface area contributed by atoms with Crippen molar-refractivity contribution in [2.24, 2.45) is 0 Å². The third-order valence-corrected chi connectivity index (χ3v) is 1.87. The van der Waals surface area contributed by atoms with Crippen molar-refractivity contribution < 1.29 is 27.2 Å². The molecule has 0 spiro atoms. The Labute approximate surface area is 96.1 Å². The SMILES string of the molecule is O=[N+]([O-])c1c(OC(F)(F)F)ncc(F)c1CCl. The van der Waals surface area contributed by atoms with Gasteiger partial charge in [-0.25, -0.2) is 9.37 Å². The van der Waals surface area contributed by atoms with Crippen LogP contribution < -0.4 is 4.74 Å². The maximum absolute atomic E-state index is 13.0. The van der Waals surface area contributed by atoms with E-state index in [1.54, 1.807) is 0 Å². The lowest BCUT2D eigenvalue weighted by Crippen LogP contribution is -2.19. The van der Waals surface area contributed by atoms with Crippen LogP contribution in [-0.2, 0) is 5.88 Å². The van der Waals surface area contributed by atoms with Crippen LogP contribution >= 0.6 is 11.6 Å². The lowest BCUT2D eigenvalue weighted by molar-refractivity contribution is -0.390. The van der Waals surface area contributed by atoms with Crippen molar-refractivity contribution in [3.05, 3.63) is 27.7 Å². The molecule has 1 heterocycles. The smallest absolute Gasteiger partial charge is 0.381 e. The van der Waals surface area contributed by atoms with E-state index in [0.29, 0.717) is 6.20 Å². The standard InChI is InChI=1S/C7H3ClF4N2O3/c8-1-3-4(9)2-13-6(5(3)14(15)16)17-7(10,11)12/h2H,1H2. The van der Waals surface area contributed by atoms with Crippen LogP contribution in [0.2, 0.25) is 0 Å². The molecule has 0 unspecified atom stereocenters. The monoisotopic (exact) mass is 274 g/mol. The molecule has 10 heteroatoms. The minimum atomic E-state index is -5.17. The largest absolute Gasteiger partial charge is 0.574 e. The summed E-state index contributed by atoms with van der Waals surface area (Å²) >= 11 is 5.22. The molecule has 0 bridgehead atoms. The second kappa shape index (κ2) is 4.70. The summed E-state index contributed by atoms with van der Waals surface area (Å²) in [7, 11) is 0. The summed E-state index contributed by atoms with van der Waals surface area (Å²) in [6.45, 7) is 0. The normalized spacial score (nSPS) is 11.4. The predicted molar refractivity (Wildman–Crippen MR) is 47.1 cm³/mol. The van der Waals surface area contributed by atoms with E-state index in [0.717, 1.165) is 0 Å². The number of halogens is 5. The van der Waals surface area contributed by atoms with Crippen molar-refractivity contribution in [3.63, 3.8) is 0 Å². The van der Waals surface area contributed by atoms with Crippen LogP contribution in [0, 0.1) is 15.9 Å². The molecule has 1 rings (SSSR count). The van der Waals surface area contributed by atoms with Gasteiger partial charge in [-0.2, -0.15) is 0 Å². The van der Waals surface area contributed by atoms with Crippen molar-refractivity contribution in [2.45, 2.75) is 12.2 Å². The van der Waals surface area contributed by atoms with Crippen molar-refractivity contribution in [3.8, 4) is 5.88 Å². The van der Waals surface area contributed by atoms with Crippen molar-refractivity contribution in [1.82, 2.24) is 4.98 Å². The van der Waals surface area contributed by atoms with Crippen LogP contribution in [0.5, 0.6) is 5.88 Å². The summed E-state index contributed by atoms with van der Waals surface area (Å²) in [6, 6.07) is 0. The first kappa shape index (κ1) is 13.4. The summed E-state index contributed by atoms with van der Waals surface area (Å²) in [5.41, 5.74) is -1.96. The van der Waals surface area contributed by atoms with E-state index in [1.807, 2.05) is 0 Å². The molecular weight excluding hydrogens is 272 g/mol. The third kappa shape index (κ3) is 3.16. The molecule has 0 atom stereocenters. The van der Waals surface area contributed by atoms with Crippen LogP contribution in [0.1, 0.15) is 5.56 Å². The lowest BCUT2D eigenvalue weighted by Gasteiger charge is -2.09. The average molecular weight is 275 g/mol. The highest BCUT2D eigenvalue weighted by atomic mass is 35.5. The Hall–Kier alpha value is -1.64. The van der Waals surface area contributed by atoms with Gasteiger partial charge < -0.3 is 4.74 Å². The number of nitro groups is 1. The van der Waals surface area contributed by atoms with Gasteiger partial charge in [0, 0.05) is 0 Å². The number of ether oxygens (including phenoxy) is 1. The first-order valence-electron chi connectivity index (χ1n) is 3.89. The maximum Gasteiger partial charge on any atom is 0.574 e. The Morgan fingerprint density at radius 1 is 1.53 bits per heavy atom. The van der Waals surface area contributed by atoms with E-state index >= 15 is 0 Å². The highest BCUT2D eigenvalue weighted by molar-refractivity contribution is 6.17. The number of alkyl halides is 4. The maximum atomic E-state index is 13.0. The first-order chi connectivity index (χ1) is 7.76. The molecule has 17 heavy (non-hydrogen) atoms. The van der Waals surface area contributed by atoms with Gasteiger partial charge in [0.1, 0.15) is 0 Å². The van der Waals surface area contributed by atoms with Gasteiger partial charge in [-0.05, 0) is 0 Å². The third-order valence-electron chi connectivity index (χ3n) is 1.60. The van der Waals surface area contributed by atoms with Crippen LogP contribution in [0.15, 0.2) is 6.20 Å². The summed E-state index contributed by atoms with van der Waals surface area (Å²) in [4.78, 5) is 12.2. The molecular formula is C7H3ClF4N2O3. The number of nitrogens with zero attached hydrogens (tertiary/aromatic N) is 2. The zero-order chi connectivity index (χ0) is 13.2. The fourth-order valence-corrected chi connectivity index (χ4v) is 1.25. The van der Waals surface area contributed by atoms with Crippen molar-refractivity contribution in [1.29, 1.82) is 0 Å². The quantitative estimate of drug-likeness (QED) is 0.368. The van der Waals surface area contributed by atoms with Gasteiger partial charge in [0.15, 0.2) is 5.82 Å². The highest BCUT2D eigenvalue weighted by Crippen LogP contribution is 2.34. The minimum absolute atomic E-state index is 0.367. The Bertz CT molecular complexity index is 451. The first-order valence-corrected chi connectivity index (χ1v) is 4.43. The summed E-state index contributed by atoms with van der Waals surface area (Å²) in [5, 5.41) is 10.5. The van der Waals surface area contributed by atoms with E-state index in [2.05, 4.69) is 9.72 Å². The molecule has 0 amide bonds. The fraction of sp³-hybridized carbons (Fsp3) is 0.286. The molecule has 5 nitrogen and oxygen atoms in total. The van der Waals surface area contributed by atoms with E-state index in [9.17, 15) is 27.7 Å². The molecule has 1 aromatic rings. The Kier molecular flexibility index (Phi) is 3.71. The summed E-state index contributed by atoms with van der Waals surface area (Å²) in [6.07, 6.45) is -4.80. The van der Waals surface area contributed by atoms with Crippen molar-refractivity contribution in [2.75, 3.05) is 0 Å². The molecule has 0 aliphatic heterocycles. The van der Waals surface area contributed by atoms with Crippen molar-refractivity contribution >= 4 is 17.3 Å². The number of hydrogen-bond acceptors (Lipinski definition) is 4. The van der Waals surface area contributed by atoms with E-state index in [-0.39, 0.29) is 0 Å². The number of hydrogen-bond donors (Lipinski definition) is 0. The zero-order valence-corrected chi connectivity index (χ0v) is 8.55. The average Bonchev–Trinajstić information content (AvgIpc) is 2.17. The minimum Gasteiger partial charge on any atom is -0.381 e. The molecule has 0 saturated carbocycles. The van der Waals surface area contributed by atoms with Crippen LogP contribution in [0.3, 0.4) is 0 Å². The second-order valence-corrected chi connectivity index (χ2v) is 2.94. The van der Waals surface area contributed by atoms with Gasteiger partial charge in [-0.3, -0.25) is 10.1 Å². The molecule has 1 aromatic heterocycles. The molecule has 0 fully saturated rings. The fourth-order valence-electron chi connectivity index (χ4n) is 0.996. The van der Waals surface area contributed by atoms with E-state index in [4.69, 9.17) is 11.6 Å². The van der Waals surface area contributed by atoms with E-state index in [1.165, 1.54) is 0 Å². The zero-order valence-electron chi connectivity index (χ0n) is 7.79. The van der Waals surface area contributed by atoms with Gasteiger partial charge in [0.25, 0.3) is 0 Å². The number of rotatable bonds is 3. The van der Waals surface area contributed by atoms with Gasteiger partial charge in [0.05, 0.1) is 22.6 Å². The summed E-state index contributed by atoms with van der Waals surface area (Å²) < 4.78 is 52.1. The highest BCUT2D eigenvalue weighted by Gasteiger charge is 2.37. The number of aromatic nitrogens is 1. The summed E-state index contributed by atoms with van der Waals surface area (Å²) in [5.74, 6) is -3.21. The topological polar surface area (TPSA) is 65.3 Å². The lowest BCUT2D eigenvalue weighted by atomic mass is 10.2. The van der Waals surface area contributed by atoms with Gasteiger partial charge >= 0.3 is 17.9 Å². The van der Waals surface area contributed by atoms with E-state index < -0.39 is 40.1 Å². The van der Waals surface area contributed by atoms with Gasteiger partial charge in [-0.15, -0.1) is 24.8 Å². The molecule has 0 radical (unpaired) electrons. The molecule has 0 aliphatic rings. The van der Waals surface area contributed by atoms with Crippen LogP contribution in [0.4, 0.5) is 23.2 Å². The second-order valence-electron chi connectivity index (χ2n) is 2.68. The molecule has 0 aliphatic carbocycles. The molecule has 0 N–H and O–H groups in total. The van der Waals surface area contributed by atoms with Crippen LogP contribution in [-0.4, -0.2) is 16.3 Å². The van der Waals surface area contributed by atoms with Gasteiger partial charge in [-0.1, -0.05) is 0 Å².